The lowest BCUT2D eigenvalue weighted by atomic mass is 10.0. The smallest absolute Gasteiger partial charge is 0.185 e. The highest BCUT2D eigenvalue weighted by Gasteiger charge is 2.05. The fourth-order valence-electron chi connectivity index (χ4n) is 2.33. The van der Waals surface area contributed by atoms with Gasteiger partial charge < -0.3 is 0 Å². The maximum Gasteiger partial charge on any atom is 0.185 e. The summed E-state index contributed by atoms with van der Waals surface area (Å²) in [6.45, 7) is 4.18. The van der Waals surface area contributed by atoms with Gasteiger partial charge in [0.15, 0.2) is 5.78 Å². The van der Waals surface area contributed by atoms with E-state index >= 15 is 0 Å². The fraction of sp³-hybridized carbons (Fsp3) is 0.100. The van der Waals surface area contributed by atoms with Crippen molar-refractivity contribution in [1.82, 2.24) is 10.2 Å². The van der Waals surface area contributed by atoms with Crippen LogP contribution >= 0.6 is 0 Å². The van der Waals surface area contributed by atoms with Crippen molar-refractivity contribution in [2.75, 3.05) is 0 Å². The zero-order chi connectivity index (χ0) is 16.2. The molecule has 3 aromatic rings. The van der Waals surface area contributed by atoms with Gasteiger partial charge >= 0.3 is 0 Å². The van der Waals surface area contributed by atoms with Gasteiger partial charge in [-0.25, -0.2) is 0 Å². The van der Waals surface area contributed by atoms with Gasteiger partial charge in [-0.1, -0.05) is 42.5 Å². The highest BCUT2D eigenvalue weighted by atomic mass is 16.1. The topological polar surface area (TPSA) is 45.8 Å². The number of allylic oxidation sites excluding steroid dienone is 1. The lowest BCUT2D eigenvalue weighted by Gasteiger charge is -2.01. The van der Waals surface area contributed by atoms with Crippen LogP contribution in [0.3, 0.4) is 0 Å². The lowest BCUT2D eigenvalue weighted by molar-refractivity contribution is 0.104. The van der Waals surface area contributed by atoms with Crippen molar-refractivity contribution in [2.24, 2.45) is 0 Å². The van der Waals surface area contributed by atoms with Gasteiger partial charge in [0.1, 0.15) is 0 Å². The van der Waals surface area contributed by atoms with Crippen LogP contribution in [0, 0.1) is 13.8 Å². The van der Waals surface area contributed by atoms with Crippen LogP contribution in [0.2, 0.25) is 0 Å². The van der Waals surface area contributed by atoms with E-state index < -0.39 is 0 Å². The zero-order valence-electron chi connectivity index (χ0n) is 13.2. The van der Waals surface area contributed by atoms with Crippen molar-refractivity contribution in [3.8, 4) is 11.3 Å². The van der Waals surface area contributed by atoms with E-state index in [2.05, 4.69) is 42.2 Å². The van der Waals surface area contributed by atoms with Crippen LogP contribution in [0.5, 0.6) is 0 Å². The van der Waals surface area contributed by atoms with Crippen molar-refractivity contribution in [1.29, 1.82) is 0 Å². The Kier molecular flexibility index (Phi) is 4.20. The van der Waals surface area contributed by atoms with Gasteiger partial charge in [0, 0.05) is 11.1 Å². The quantitative estimate of drug-likeness (QED) is 0.566. The first-order valence-electron chi connectivity index (χ1n) is 7.54. The van der Waals surface area contributed by atoms with Crippen molar-refractivity contribution < 1.29 is 4.79 Å². The maximum absolute atomic E-state index is 12.1. The number of aromatic amines is 1. The summed E-state index contributed by atoms with van der Waals surface area (Å²) in [5.74, 6) is -0.0204. The number of aryl methyl sites for hydroxylation is 2. The van der Waals surface area contributed by atoms with Gasteiger partial charge in [-0.3, -0.25) is 9.89 Å². The molecule has 0 saturated heterocycles. The van der Waals surface area contributed by atoms with Crippen LogP contribution in [-0.2, 0) is 0 Å². The molecule has 0 spiro atoms. The average Bonchev–Trinajstić information content (AvgIpc) is 3.05. The highest BCUT2D eigenvalue weighted by Crippen LogP contribution is 2.21. The molecule has 114 valence electrons. The normalized spacial score (nSPS) is 11.0. The van der Waals surface area contributed by atoms with Crippen molar-refractivity contribution in [3.63, 3.8) is 0 Å². The van der Waals surface area contributed by atoms with E-state index in [1.165, 1.54) is 11.1 Å². The van der Waals surface area contributed by atoms with Crippen molar-refractivity contribution >= 4 is 11.9 Å². The number of nitrogens with one attached hydrogen (secondary N) is 1. The second-order valence-electron chi connectivity index (χ2n) is 5.57. The Bertz CT molecular complexity index is 860. The number of ketones is 1. The van der Waals surface area contributed by atoms with Crippen LogP contribution in [-0.4, -0.2) is 16.0 Å². The minimum Gasteiger partial charge on any atom is -0.289 e. The largest absolute Gasteiger partial charge is 0.289 e. The van der Waals surface area contributed by atoms with Crippen molar-refractivity contribution in [3.05, 3.63) is 83.1 Å². The van der Waals surface area contributed by atoms with Gasteiger partial charge in [0.2, 0.25) is 0 Å². The molecule has 0 fully saturated rings. The Balaban J connectivity index is 1.78. The van der Waals surface area contributed by atoms with Crippen LogP contribution in [0.15, 0.2) is 60.7 Å². The third-order valence-electron chi connectivity index (χ3n) is 3.87. The predicted molar refractivity (Wildman–Crippen MR) is 93.3 cm³/mol. The third kappa shape index (κ3) is 3.46. The number of aromatic nitrogens is 2. The second kappa shape index (κ2) is 6.44. The SMILES string of the molecule is Cc1ccc(-c2cc(C=CC(=O)c3ccccc3)[nH]n2)cc1C. The zero-order valence-corrected chi connectivity index (χ0v) is 13.2. The summed E-state index contributed by atoms with van der Waals surface area (Å²) in [5.41, 5.74) is 5.93. The molecule has 3 nitrogen and oxygen atoms in total. The molecule has 3 rings (SSSR count). The molecule has 0 saturated carbocycles. The Morgan fingerprint density at radius 2 is 1.78 bits per heavy atom. The molecule has 0 aliphatic heterocycles. The molecule has 3 heteroatoms. The summed E-state index contributed by atoms with van der Waals surface area (Å²) in [4.78, 5) is 12.1. The van der Waals surface area contributed by atoms with Crippen LogP contribution < -0.4 is 0 Å². The van der Waals surface area contributed by atoms with Gasteiger partial charge in [-0.15, -0.1) is 0 Å². The first-order valence-corrected chi connectivity index (χ1v) is 7.54. The second-order valence-corrected chi connectivity index (χ2v) is 5.57. The number of rotatable bonds is 4. The Labute approximate surface area is 135 Å². The van der Waals surface area contributed by atoms with E-state index in [-0.39, 0.29) is 5.78 Å². The van der Waals surface area contributed by atoms with Crippen LogP contribution in [0.25, 0.3) is 17.3 Å². The summed E-state index contributed by atoms with van der Waals surface area (Å²) >= 11 is 0. The lowest BCUT2D eigenvalue weighted by Crippen LogP contribution is -1.92. The molecule has 23 heavy (non-hydrogen) atoms. The van der Waals surface area contributed by atoms with E-state index in [0.717, 1.165) is 17.0 Å². The van der Waals surface area contributed by atoms with Gasteiger partial charge in [0.05, 0.1) is 11.4 Å². The van der Waals surface area contributed by atoms with Crippen LogP contribution in [0.4, 0.5) is 0 Å². The number of hydrogen-bond acceptors (Lipinski definition) is 2. The fourth-order valence-corrected chi connectivity index (χ4v) is 2.33. The number of carbonyl (C=O) groups excluding carboxylic acids is 1. The standard InChI is InChI=1S/C20H18N2O/c1-14-8-9-17(12-15(14)2)19-13-18(21-22-19)10-11-20(23)16-6-4-3-5-7-16/h3-13H,1-2H3,(H,21,22). The molecule has 0 unspecified atom stereocenters. The molecule has 1 aromatic heterocycles. The monoisotopic (exact) mass is 302 g/mol. The molecule has 1 N–H and O–H groups in total. The van der Waals surface area contributed by atoms with E-state index in [4.69, 9.17) is 0 Å². The molecular weight excluding hydrogens is 284 g/mol. The molecule has 2 aromatic carbocycles. The van der Waals surface area contributed by atoms with E-state index in [1.54, 1.807) is 24.3 Å². The molecule has 0 amide bonds. The molecule has 0 aliphatic rings. The number of benzene rings is 2. The highest BCUT2D eigenvalue weighted by molar-refractivity contribution is 6.06. The number of hydrogen-bond donors (Lipinski definition) is 1. The molecule has 0 aliphatic carbocycles. The number of nitrogens with zero attached hydrogens (tertiary/aromatic N) is 1. The summed E-state index contributed by atoms with van der Waals surface area (Å²) < 4.78 is 0. The van der Waals surface area contributed by atoms with E-state index in [1.807, 2.05) is 24.3 Å². The predicted octanol–water partition coefficient (Wildman–Crippen LogP) is 4.59. The Morgan fingerprint density at radius 1 is 1.00 bits per heavy atom. The number of H-pyrrole nitrogens is 1. The van der Waals surface area contributed by atoms with E-state index in [0.29, 0.717) is 5.56 Å². The Hall–Kier alpha value is -2.94. The van der Waals surface area contributed by atoms with Crippen LogP contribution in [0.1, 0.15) is 27.2 Å². The summed E-state index contributed by atoms with van der Waals surface area (Å²) in [7, 11) is 0. The minimum atomic E-state index is -0.0204. The molecule has 0 atom stereocenters. The first kappa shape index (κ1) is 15.0. The van der Waals surface area contributed by atoms with Gasteiger partial charge in [-0.05, 0) is 49.3 Å². The van der Waals surface area contributed by atoms with Gasteiger partial charge in [0.25, 0.3) is 0 Å². The maximum atomic E-state index is 12.1. The number of carbonyl (C=O) groups is 1. The first-order chi connectivity index (χ1) is 11.1. The summed E-state index contributed by atoms with van der Waals surface area (Å²) in [6, 6.07) is 17.4. The molecular formula is C20H18N2O. The summed E-state index contributed by atoms with van der Waals surface area (Å²) in [5, 5.41) is 7.28. The third-order valence-corrected chi connectivity index (χ3v) is 3.87. The minimum absolute atomic E-state index is 0.0204. The molecule has 0 radical (unpaired) electrons. The Morgan fingerprint density at radius 3 is 2.52 bits per heavy atom. The van der Waals surface area contributed by atoms with Crippen molar-refractivity contribution in [2.45, 2.75) is 13.8 Å². The molecule has 0 bridgehead atoms. The average molecular weight is 302 g/mol. The summed E-state index contributed by atoms with van der Waals surface area (Å²) in [6.07, 6.45) is 3.32. The van der Waals surface area contributed by atoms with E-state index in [9.17, 15) is 4.79 Å². The van der Waals surface area contributed by atoms with Gasteiger partial charge in [-0.2, -0.15) is 5.10 Å². The molecule has 1 heterocycles.